The zero-order valence-electron chi connectivity index (χ0n) is 16.2. The Kier molecular flexibility index (Phi) is 7.71. The Morgan fingerprint density at radius 2 is 1.33 bits per heavy atom. The third kappa shape index (κ3) is 4.47. The highest BCUT2D eigenvalue weighted by atomic mass is 35.5. The molecule has 0 aliphatic heterocycles. The molecular formula is C17H21ClF8O4. The summed E-state index contributed by atoms with van der Waals surface area (Å²) in [4.78, 5) is 24.7. The lowest BCUT2D eigenvalue weighted by molar-refractivity contribution is -0.351. The predicted molar refractivity (Wildman–Crippen MR) is 87.8 cm³/mol. The van der Waals surface area contributed by atoms with E-state index in [9.17, 15) is 44.7 Å². The average Bonchev–Trinajstić information content (AvgIpc) is 2.91. The molecule has 0 aromatic rings. The van der Waals surface area contributed by atoms with Gasteiger partial charge in [-0.15, -0.1) is 0 Å². The standard InChI is InChI=1S/C17H21ClF8O4/c1-4-29-11(27)13(12(28)30-5-2)6-9(3)10(7-13)8-14(19,20)15(21,22)16(23,24)17(18,25)26/h9-10H,4-8H2,1-3H3/t9-,10-/m0/s1. The zero-order chi connectivity index (χ0) is 23.8. The molecule has 0 bridgehead atoms. The van der Waals surface area contributed by atoms with Crippen molar-refractivity contribution in [3.05, 3.63) is 0 Å². The molecule has 0 saturated heterocycles. The van der Waals surface area contributed by atoms with Crippen LogP contribution in [0.2, 0.25) is 0 Å². The average molecular weight is 477 g/mol. The minimum atomic E-state index is -6.56. The molecule has 0 N–H and O–H groups in total. The maximum atomic E-state index is 14.1. The molecule has 0 spiro atoms. The predicted octanol–water partition coefficient (Wildman–Crippen LogP) is 5.27. The smallest absolute Gasteiger partial charge is 0.392 e. The lowest BCUT2D eigenvalue weighted by atomic mass is 9.83. The quantitative estimate of drug-likeness (QED) is 0.197. The van der Waals surface area contributed by atoms with Gasteiger partial charge in [0.1, 0.15) is 0 Å². The van der Waals surface area contributed by atoms with Gasteiger partial charge in [0, 0.05) is 6.42 Å². The van der Waals surface area contributed by atoms with Gasteiger partial charge in [0.15, 0.2) is 5.41 Å². The molecule has 0 amide bonds. The number of carbonyl (C=O) groups excluding carboxylic acids is 2. The Morgan fingerprint density at radius 1 is 0.900 bits per heavy atom. The van der Waals surface area contributed by atoms with Crippen molar-refractivity contribution in [1.29, 1.82) is 0 Å². The molecule has 0 aromatic carbocycles. The largest absolute Gasteiger partial charge is 0.465 e. The molecule has 2 atom stereocenters. The molecular weight excluding hydrogens is 456 g/mol. The van der Waals surface area contributed by atoms with Crippen LogP contribution in [0.5, 0.6) is 0 Å². The minimum absolute atomic E-state index is 0.190. The van der Waals surface area contributed by atoms with Crippen LogP contribution < -0.4 is 0 Å². The van der Waals surface area contributed by atoms with Gasteiger partial charge < -0.3 is 9.47 Å². The van der Waals surface area contributed by atoms with Gasteiger partial charge in [0.2, 0.25) is 0 Å². The van der Waals surface area contributed by atoms with Crippen LogP contribution in [-0.4, -0.2) is 48.3 Å². The second-order valence-corrected chi connectivity index (χ2v) is 7.70. The monoisotopic (exact) mass is 476 g/mol. The number of ether oxygens (including phenoxy) is 2. The van der Waals surface area contributed by atoms with Gasteiger partial charge in [0.05, 0.1) is 13.2 Å². The third-order valence-corrected chi connectivity index (χ3v) is 5.38. The van der Waals surface area contributed by atoms with Gasteiger partial charge in [-0.1, -0.05) is 6.92 Å². The first-order valence-corrected chi connectivity index (χ1v) is 9.33. The van der Waals surface area contributed by atoms with E-state index in [0.29, 0.717) is 0 Å². The van der Waals surface area contributed by atoms with E-state index >= 15 is 0 Å². The highest BCUT2D eigenvalue weighted by Crippen LogP contribution is 2.58. The molecule has 0 radical (unpaired) electrons. The van der Waals surface area contributed by atoms with E-state index in [-0.39, 0.29) is 13.2 Å². The Labute approximate surface area is 172 Å². The Hall–Kier alpha value is -1.33. The van der Waals surface area contributed by atoms with Crippen molar-refractivity contribution in [2.24, 2.45) is 17.3 Å². The van der Waals surface area contributed by atoms with Crippen LogP contribution in [-0.2, 0) is 19.1 Å². The van der Waals surface area contributed by atoms with Gasteiger partial charge in [0.25, 0.3) is 0 Å². The molecule has 4 nitrogen and oxygen atoms in total. The number of rotatable bonds is 9. The van der Waals surface area contributed by atoms with E-state index in [1.807, 2.05) is 0 Å². The number of hydrogen-bond donors (Lipinski definition) is 0. The normalized spacial score (nSPS) is 22.7. The van der Waals surface area contributed by atoms with Crippen molar-refractivity contribution >= 4 is 23.5 Å². The van der Waals surface area contributed by atoms with Gasteiger partial charge >= 0.3 is 35.1 Å². The first kappa shape index (κ1) is 26.7. The van der Waals surface area contributed by atoms with E-state index in [1.165, 1.54) is 20.8 Å². The van der Waals surface area contributed by atoms with Crippen molar-refractivity contribution in [2.45, 2.75) is 63.2 Å². The number of halogens is 9. The fourth-order valence-electron chi connectivity index (χ4n) is 3.54. The summed E-state index contributed by atoms with van der Waals surface area (Å²) in [5.74, 6) is -23.6. The minimum Gasteiger partial charge on any atom is -0.465 e. The van der Waals surface area contributed by atoms with Crippen LogP contribution in [0.15, 0.2) is 0 Å². The summed E-state index contributed by atoms with van der Waals surface area (Å²) in [6.45, 7) is 3.65. The van der Waals surface area contributed by atoms with Crippen LogP contribution in [0.25, 0.3) is 0 Å². The number of carbonyl (C=O) groups is 2. The van der Waals surface area contributed by atoms with E-state index < -0.39 is 71.6 Å². The molecule has 0 unspecified atom stereocenters. The van der Waals surface area contributed by atoms with Crippen molar-refractivity contribution in [3.63, 3.8) is 0 Å². The van der Waals surface area contributed by atoms with Crippen molar-refractivity contribution in [3.8, 4) is 0 Å². The maximum Gasteiger partial charge on any atom is 0.392 e. The number of hydrogen-bond acceptors (Lipinski definition) is 4. The van der Waals surface area contributed by atoms with E-state index in [1.54, 1.807) is 0 Å². The fourth-order valence-corrected chi connectivity index (χ4v) is 3.66. The zero-order valence-corrected chi connectivity index (χ0v) is 17.0. The van der Waals surface area contributed by atoms with Crippen molar-refractivity contribution < 1.29 is 54.2 Å². The van der Waals surface area contributed by atoms with Gasteiger partial charge in [-0.05, 0) is 50.1 Å². The molecule has 30 heavy (non-hydrogen) atoms. The van der Waals surface area contributed by atoms with Crippen molar-refractivity contribution in [2.75, 3.05) is 13.2 Å². The highest BCUT2D eigenvalue weighted by Gasteiger charge is 2.80. The Balaban J connectivity index is 3.24. The first-order chi connectivity index (χ1) is 13.4. The molecule has 176 valence electrons. The van der Waals surface area contributed by atoms with Crippen LogP contribution in [0.1, 0.15) is 40.0 Å². The van der Waals surface area contributed by atoms with Gasteiger partial charge in [-0.25, -0.2) is 0 Å². The lowest BCUT2D eigenvalue weighted by Gasteiger charge is -2.36. The molecule has 1 fully saturated rings. The van der Waals surface area contributed by atoms with Gasteiger partial charge in [-0.3, -0.25) is 9.59 Å². The SMILES string of the molecule is CCOC(=O)C1(C(=O)OCC)C[C@@H](CC(F)(F)C(F)(F)C(F)(F)C(F)(F)Cl)[C@@H](C)C1. The summed E-state index contributed by atoms with van der Waals surface area (Å²) in [6, 6.07) is 0. The molecule has 13 heteroatoms. The summed E-state index contributed by atoms with van der Waals surface area (Å²) in [5.41, 5.74) is -2.10. The summed E-state index contributed by atoms with van der Waals surface area (Å²) in [6.07, 6.45) is -3.19. The third-order valence-electron chi connectivity index (χ3n) is 5.15. The van der Waals surface area contributed by atoms with Crippen LogP contribution in [0.3, 0.4) is 0 Å². The van der Waals surface area contributed by atoms with Crippen molar-refractivity contribution in [1.82, 2.24) is 0 Å². The number of esters is 2. The number of alkyl halides is 9. The summed E-state index contributed by atoms with van der Waals surface area (Å²) in [5, 5.41) is -5.94. The summed E-state index contributed by atoms with van der Waals surface area (Å²) in [7, 11) is 0. The lowest BCUT2D eigenvalue weighted by Crippen LogP contribution is -2.61. The second-order valence-electron chi connectivity index (χ2n) is 7.22. The maximum absolute atomic E-state index is 14.1. The summed E-state index contributed by atoms with van der Waals surface area (Å²) >= 11 is 3.94. The molecule has 0 aromatic heterocycles. The molecule has 1 saturated carbocycles. The van der Waals surface area contributed by atoms with Crippen LogP contribution in [0.4, 0.5) is 35.1 Å². The molecule has 0 heterocycles. The molecule has 1 aliphatic rings. The van der Waals surface area contributed by atoms with E-state index in [0.717, 1.165) is 0 Å². The molecule has 1 aliphatic carbocycles. The highest BCUT2D eigenvalue weighted by molar-refractivity contribution is 6.22. The van der Waals surface area contributed by atoms with Crippen LogP contribution in [0, 0.1) is 17.3 Å². The first-order valence-electron chi connectivity index (χ1n) is 8.95. The second kappa shape index (κ2) is 8.66. The Bertz CT molecular complexity index is 632. The van der Waals surface area contributed by atoms with E-state index in [2.05, 4.69) is 11.6 Å². The molecule has 1 rings (SSSR count). The van der Waals surface area contributed by atoms with E-state index in [4.69, 9.17) is 9.47 Å². The van der Waals surface area contributed by atoms with Crippen LogP contribution >= 0.6 is 11.6 Å². The Morgan fingerprint density at radius 3 is 1.70 bits per heavy atom. The van der Waals surface area contributed by atoms with Gasteiger partial charge in [-0.2, -0.15) is 35.1 Å². The topological polar surface area (TPSA) is 52.6 Å². The summed E-state index contributed by atoms with van der Waals surface area (Å²) < 4.78 is 117. The fraction of sp³-hybridized carbons (Fsp3) is 0.882.